The highest BCUT2D eigenvalue weighted by atomic mass is 32.2. The van der Waals surface area contributed by atoms with Crippen molar-refractivity contribution in [3.63, 3.8) is 0 Å². The van der Waals surface area contributed by atoms with Gasteiger partial charge in [-0.05, 0) is 48.9 Å². The average molecular weight is 415 g/mol. The third-order valence-corrected chi connectivity index (χ3v) is 5.46. The van der Waals surface area contributed by atoms with E-state index in [1.165, 1.54) is 30.5 Å². The number of carbonyl (C=O) groups is 1. The summed E-state index contributed by atoms with van der Waals surface area (Å²) in [4.78, 5) is 12.2. The Morgan fingerprint density at radius 1 is 1.03 bits per heavy atom. The third-order valence-electron chi connectivity index (χ3n) is 4.06. The molecule has 0 atom stereocenters. The van der Waals surface area contributed by atoms with Crippen molar-refractivity contribution < 1.29 is 27.1 Å². The number of rotatable bonds is 9. The lowest BCUT2D eigenvalue weighted by molar-refractivity contribution is 0.0450. The SMILES string of the molecule is Cc1ccccc1OCCOC(=O)c1cccc(S(=O)(=O)NCc2ccco2)c1. The normalized spacial score (nSPS) is 11.2. The second kappa shape index (κ2) is 9.40. The van der Waals surface area contributed by atoms with Gasteiger partial charge in [0.25, 0.3) is 0 Å². The quantitative estimate of drug-likeness (QED) is 0.426. The Bertz CT molecular complexity index is 1060. The minimum Gasteiger partial charge on any atom is -0.490 e. The fourth-order valence-electron chi connectivity index (χ4n) is 2.54. The van der Waals surface area contributed by atoms with Gasteiger partial charge in [-0.1, -0.05) is 24.3 Å². The molecule has 152 valence electrons. The van der Waals surface area contributed by atoms with Gasteiger partial charge in [0.15, 0.2) is 0 Å². The largest absolute Gasteiger partial charge is 0.490 e. The standard InChI is InChI=1S/C21H21NO6S/c1-16-6-2-3-10-20(16)27-12-13-28-21(23)17-7-4-9-19(14-17)29(24,25)22-15-18-8-5-11-26-18/h2-11,14,22H,12-13,15H2,1H3. The van der Waals surface area contributed by atoms with Gasteiger partial charge in [-0.25, -0.2) is 17.9 Å². The van der Waals surface area contributed by atoms with Gasteiger partial charge in [-0.3, -0.25) is 0 Å². The van der Waals surface area contributed by atoms with Gasteiger partial charge in [-0.2, -0.15) is 0 Å². The van der Waals surface area contributed by atoms with Crippen LogP contribution in [0.25, 0.3) is 0 Å². The predicted molar refractivity (Wildman–Crippen MR) is 106 cm³/mol. The highest BCUT2D eigenvalue weighted by Crippen LogP contribution is 2.16. The Morgan fingerprint density at radius 2 is 1.86 bits per heavy atom. The van der Waals surface area contributed by atoms with E-state index in [4.69, 9.17) is 13.9 Å². The molecule has 1 heterocycles. The van der Waals surface area contributed by atoms with E-state index in [2.05, 4.69) is 4.72 Å². The minimum absolute atomic E-state index is 0.0141. The number of aryl methyl sites for hydroxylation is 1. The molecule has 8 heteroatoms. The van der Waals surface area contributed by atoms with E-state index in [1.54, 1.807) is 12.1 Å². The van der Waals surface area contributed by atoms with Crippen molar-refractivity contribution in [1.29, 1.82) is 0 Å². The lowest BCUT2D eigenvalue weighted by Gasteiger charge is -2.10. The maximum atomic E-state index is 12.4. The highest BCUT2D eigenvalue weighted by molar-refractivity contribution is 7.89. The van der Waals surface area contributed by atoms with Crippen LogP contribution in [-0.4, -0.2) is 27.6 Å². The molecular weight excluding hydrogens is 394 g/mol. The summed E-state index contributed by atoms with van der Waals surface area (Å²) in [5.41, 5.74) is 1.13. The van der Waals surface area contributed by atoms with Crippen molar-refractivity contribution in [2.24, 2.45) is 0 Å². The molecule has 3 aromatic rings. The van der Waals surface area contributed by atoms with Crippen molar-refractivity contribution in [3.8, 4) is 5.75 Å². The van der Waals surface area contributed by atoms with E-state index in [0.29, 0.717) is 5.76 Å². The topological polar surface area (TPSA) is 94.8 Å². The minimum atomic E-state index is -3.80. The van der Waals surface area contributed by atoms with Crippen LogP contribution in [0.4, 0.5) is 0 Å². The molecule has 0 aliphatic heterocycles. The number of para-hydroxylation sites is 1. The van der Waals surface area contributed by atoms with E-state index in [0.717, 1.165) is 11.3 Å². The van der Waals surface area contributed by atoms with Crippen LogP contribution in [0.1, 0.15) is 21.7 Å². The first-order valence-electron chi connectivity index (χ1n) is 8.93. The van der Waals surface area contributed by atoms with Crippen molar-refractivity contribution in [2.75, 3.05) is 13.2 Å². The summed E-state index contributed by atoms with van der Waals surface area (Å²) in [7, 11) is -3.80. The maximum absolute atomic E-state index is 12.4. The number of nitrogens with one attached hydrogen (secondary N) is 1. The summed E-state index contributed by atoms with van der Waals surface area (Å²) in [5, 5.41) is 0. The fourth-order valence-corrected chi connectivity index (χ4v) is 3.58. The summed E-state index contributed by atoms with van der Waals surface area (Å²) >= 11 is 0. The molecule has 0 bridgehead atoms. The Hall–Kier alpha value is -3.10. The molecule has 0 amide bonds. The second-order valence-corrected chi connectivity index (χ2v) is 7.95. The molecule has 0 spiro atoms. The monoisotopic (exact) mass is 415 g/mol. The molecule has 0 saturated heterocycles. The summed E-state index contributed by atoms with van der Waals surface area (Å²) in [6, 6.07) is 16.5. The first kappa shape index (κ1) is 20.6. The van der Waals surface area contributed by atoms with Gasteiger partial charge in [0.2, 0.25) is 10.0 Å². The number of ether oxygens (including phenoxy) is 2. The van der Waals surface area contributed by atoms with Crippen molar-refractivity contribution in [2.45, 2.75) is 18.4 Å². The number of esters is 1. The van der Waals surface area contributed by atoms with Crippen LogP contribution in [0.5, 0.6) is 5.75 Å². The first-order chi connectivity index (χ1) is 14.0. The van der Waals surface area contributed by atoms with Crippen LogP contribution < -0.4 is 9.46 Å². The number of hydrogen-bond donors (Lipinski definition) is 1. The van der Waals surface area contributed by atoms with Crippen LogP contribution in [-0.2, 0) is 21.3 Å². The molecule has 0 radical (unpaired) electrons. The summed E-state index contributed by atoms with van der Waals surface area (Å²) < 4.78 is 43.1. The van der Waals surface area contributed by atoms with E-state index in [9.17, 15) is 13.2 Å². The van der Waals surface area contributed by atoms with Crippen molar-refractivity contribution in [3.05, 3.63) is 83.8 Å². The zero-order valence-corrected chi connectivity index (χ0v) is 16.6. The van der Waals surface area contributed by atoms with Gasteiger partial charge < -0.3 is 13.9 Å². The van der Waals surface area contributed by atoms with Crippen LogP contribution in [0.15, 0.2) is 76.2 Å². The maximum Gasteiger partial charge on any atom is 0.338 e. The van der Waals surface area contributed by atoms with E-state index in [1.807, 2.05) is 31.2 Å². The molecule has 0 saturated carbocycles. The number of sulfonamides is 1. The molecule has 3 rings (SSSR count). The number of benzene rings is 2. The Morgan fingerprint density at radius 3 is 2.62 bits per heavy atom. The Labute approximate surface area is 169 Å². The van der Waals surface area contributed by atoms with E-state index >= 15 is 0 Å². The highest BCUT2D eigenvalue weighted by Gasteiger charge is 2.17. The zero-order valence-electron chi connectivity index (χ0n) is 15.8. The van der Waals surface area contributed by atoms with Gasteiger partial charge in [0.05, 0.1) is 23.3 Å². The lowest BCUT2D eigenvalue weighted by atomic mass is 10.2. The molecule has 1 N–H and O–H groups in total. The van der Waals surface area contributed by atoms with E-state index in [-0.39, 0.29) is 30.2 Å². The van der Waals surface area contributed by atoms with Crippen LogP contribution >= 0.6 is 0 Å². The zero-order chi connectivity index (χ0) is 20.7. The Balaban J connectivity index is 1.55. The molecule has 0 aliphatic rings. The third kappa shape index (κ3) is 5.69. The molecule has 7 nitrogen and oxygen atoms in total. The average Bonchev–Trinajstić information content (AvgIpc) is 3.25. The van der Waals surface area contributed by atoms with Gasteiger partial charge in [0.1, 0.15) is 24.7 Å². The lowest BCUT2D eigenvalue weighted by Crippen LogP contribution is -2.23. The van der Waals surface area contributed by atoms with Crippen LogP contribution in [0, 0.1) is 6.92 Å². The number of furan rings is 1. The molecule has 0 unspecified atom stereocenters. The Kier molecular flexibility index (Phi) is 6.69. The number of carbonyl (C=O) groups excluding carboxylic acids is 1. The van der Waals surface area contributed by atoms with Crippen molar-refractivity contribution >= 4 is 16.0 Å². The van der Waals surface area contributed by atoms with Gasteiger partial charge >= 0.3 is 5.97 Å². The molecule has 1 aromatic heterocycles. The van der Waals surface area contributed by atoms with Crippen molar-refractivity contribution in [1.82, 2.24) is 4.72 Å². The molecule has 29 heavy (non-hydrogen) atoms. The van der Waals surface area contributed by atoms with Gasteiger partial charge in [-0.15, -0.1) is 0 Å². The first-order valence-corrected chi connectivity index (χ1v) is 10.4. The summed E-state index contributed by atoms with van der Waals surface area (Å²) in [6.45, 7) is 2.17. The molecule has 2 aromatic carbocycles. The van der Waals surface area contributed by atoms with Crippen LogP contribution in [0.2, 0.25) is 0 Å². The number of hydrogen-bond acceptors (Lipinski definition) is 6. The molecule has 0 fully saturated rings. The summed E-state index contributed by atoms with van der Waals surface area (Å²) in [6.07, 6.45) is 1.46. The molecular formula is C21H21NO6S. The van der Waals surface area contributed by atoms with E-state index < -0.39 is 16.0 Å². The fraction of sp³-hybridized carbons (Fsp3) is 0.190. The van der Waals surface area contributed by atoms with Gasteiger partial charge in [0, 0.05) is 0 Å². The molecule has 0 aliphatic carbocycles. The summed E-state index contributed by atoms with van der Waals surface area (Å²) in [5.74, 6) is 0.582. The smallest absolute Gasteiger partial charge is 0.338 e. The second-order valence-electron chi connectivity index (χ2n) is 6.18. The predicted octanol–water partition coefficient (Wildman–Crippen LogP) is 3.30. The van der Waals surface area contributed by atoms with Crippen LogP contribution in [0.3, 0.4) is 0 Å².